The van der Waals surface area contributed by atoms with Crippen LogP contribution in [-0.2, 0) is 4.43 Å². The Hall–Kier alpha value is -0.803. The first-order chi connectivity index (χ1) is 14.0. The van der Waals surface area contributed by atoms with E-state index >= 15 is 0 Å². The summed E-state index contributed by atoms with van der Waals surface area (Å²) >= 11 is 0. The first-order valence-electron chi connectivity index (χ1n) is 12.4. The highest BCUT2D eigenvalue weighted by Gasteiger charge is 2.26. The molecule has 1 rings (SSSR count). The molecular weight excluding hydrogens is 372 g/mol. The molecule has 0 saturated carbocycles. The van der Waals surface area contributed by atoms with Gasteiger partial charge >= 0.3 is 8.56 Å². The molecule has 1 aromatic rings. The van der Waals surface area contributed by atoms with Gasteiger partial charge in [0.25, 0.3) is 0 Å². The summed E-state index contributed by atoms with van der Waals surface area (Å²) in [5.74, 6) is 0.973. The molecule has 0 N–H and O–H groups in total. The number of unbranched alkanes of at least 4 members (excludes halogenated alkanes) is 14. The van der Waals surface area contributed by atoms with E-state index in [4.69, 9.17) is 8.85 Å². The maximum Gasteiger partial charge on any atom is 0.392 e. The number of rotatable bonds is 19. The van der Waals surface area contributed by atoms with E-state index in [0.717, 1.165) is 18.8 Å². The Balaban J connectivity index is 1.88. The number of benzene rings is 1. The Labute approximate surface area is 183 Å². The number of aryl methyl sites for hydroxylation is 1. The van der Waals surface area contributed by atoms with Gasteiger partial charge in [-0.3, -0.25) is 0 Å². The molecule has 0 heterocycles. The van der Waals surface area contributed by atoms with Crippen LogP contribution in [0.1, 0.15) is 109 Å². The van der Waals surface area contributed by atoms with Crippen LogP contribution in [0.4, 0.5) is 0 Å². The Morgan fingerprint density at radius 3 is 1.59 bits per heavy atom. The fraction of sp³-hybridized carbons (Fsp3) is 0.769. The van der Waals surface area contributed by atoms with Gasteiger partial charge in [-0.2, -0.15) is 0 Å². The molecule has 0 radical (unpaired) electrons. The van der Waals surface area contributed by atoms with Gasteiger partial charge in [-0.15, -0.1) is 0 Å². The molecule has 0 spiro atoms. The van der Waals surface area contributed by atoms with Crippen molar-refractivity contribution in [1.82, 2.24) is 0 Å². The van der Waals surface area contributed by atoms with Crippen molar-refractivity contribution in [2.24, 2.45) is 0 Å². The zero-order valence-electron chi connectivity index (χ0n) is 19.9. The number of para-hydroxylation sites is 1. The predicted octanol–water partition coefficient (Wildman–Crippen LogP) is 8.96. The molecule has 2 nitrogen and oxygen atoms in total. The van der Waals surface area contributed by atoms with Crippen LogP contribution in [0.5, 0.6) is 5.75 Å². The van der Waals surface area contributed by atoms with Gasteiger partial charge < -0.3 is 8.85 Å². The van der Waals surface area contributed by atoms with Crippen molar-refractivity contribution in [3.63, 3.8) is 0 Å². The fourth-order valence-corrected chi connectivity index (χ4v) is 5.21. The minimum Gasteiger partial charge on any atom is -0.520 e. The van der Waals surface area contributed by atoms with Crippen molar-refractivity contribution in [1.29, 1.82) is 0 Å². The third-order valence-corrected chi connectivity index (χ3v) is 7.26. The van der Waals surface area contributed by atoms with Gasteiger partial charge in [0.15, 0.2) is 0 Å². The summed E-state index contributed by atoms with van der Waals surface area (Å²) in [6.07, 6.45) is 20.9. The van der Waals surface area contributed by atoms with Crippen molar-refractivity contribution < 1.29 is 8.85 Å². The van der Waals surface area contributed by atoms with Gasteiger partial charge in [0.05, 0.1) is 0 Å². The SMILES string of the molecule is CCCCCCCCCCCCCCCCCO[Si](C)(C)Oc1ccccc1C. The third kappa shape index (κ3) is 14.8. The van der Waals surface area contributed by atoms with Crippen LogP contribution in [0.15, 0.2) is 24.3 Å². The van der Waals surface area contributed by atoms with Gasteiger partial charge in [0, 0.05) is 6.61 Å². The zero-order valence-corrected chi connectivity index (χ0v) is 20.9. The summed E-state index contributed by atoms with van der Waals surface area (Å²) in [5, 5.41) is 0. The second-order valence-electron chi connectivity index (χ2n) is 9.07. The molecule has 0 saturated heterocycles. The van der Waals surface area contributed by atoms with Crippen molar-refractivity contribution in [3.8, 4) is 5.75 Å². The van der Waals surface area contributed by atoms with E-state index < -0.39 is 8.56 Å². The van der Waals surface area contributed by atoms with Crippen LogP contribution < -0.4 is 4.43 Å². The van der Waals surface area contributed by atoms with E-state index in [2.05, 4.69) is 33.0 Å². The van der Waals surface area contributed by atoms with E-state index in [9.17, 15) is 0 Å². The minimum absolute atomic E-state index is 0.837. The van der Waals surface area contributed by atoms with Crippen molar-refractivity contribution in [2.75, 3.05) is 6.61 Å². The summed E-state index contributed by atoms with van der Waals surface area (Å²) in [6, 6.07) is 8.21. The maximum absolute atomic E-state index is 6.17. The smallest absolute Gasteiger partial charge is 0.392 e. The predicted molar refractivity (Wildman–Crippen MR) is 130 cm³/mol. The second-order valence-corrected chi connectivity index (χ2v) is 12.4. The van der Waals surface area contributed by atoms with Gasteiger partial charge in [-0.05, 0) is 38.1 Å². The van der Waals surface area contributed by atoms with E-state index in [1.165, 1.54) is 95.5 Å². The van der Waals surface area contributed by atoms with Crippen molar-refractivity contribution in [3.05, 3.63) is 29.8 Å². The topological polar surface area (TPSA) is 18.5 Å². The molecule has 168 valence electrons. The standard InChI is InChI=1S/C26H48O2Si/c1-5-6-7-8-9-10-11-12-13-14-15-16-17-18-21-24-27-29(3,4)28-26-23-20-19-22-25(26)2/h19-20,22-23H,5-18,21,24H2,1-4H3. The van der Waals surface area contributed by atoms with E-state index in [1.54, 1.807) is 0 Å². The first-order valence-corrected chi connectivity index (χ1v) is 15.3. The lowest BCUT2D eigenvalue weighted by molar-refractivity contribution is 0.240. The van der Waals surface area contributed by atoms with Crippen molar-refractivity contribution >= 4 is 8.56 Å². The summed E-state index contributed by atoms with van der Waals surface area (Å²) in [6.45, 7) is 9.51. The lowest BCUT2D eigenvalue weighted by Crippen LogP contribution is -2.38. The van der Waals surface area contributed by atoms with E-state index in [-0.39, 0.29) is 0 Å². The number of hydrogen-bond donors (Lipinski definition) is 0. The molecular formula is C26H48O2Si. The average molecular weight is 421 g/mol. The van der Waals surface area contributed by atoms with Gasteiger partial charge in [-0.25, -0.2) is 0 Å². The molecule has 0 fully saturated rings. The molecule has 0 aromatic heterocycles. The van der Waals surface area contributed by atoms with E-state index in [1.807, 2.05) is 18.2 Å². The van der Waals surface area contributed by atoms with Crippen molar-refractivity contribution in [2.45, 2.75) is 123 Å². The highest BCUT2D eigenvalue weighted by atomic mass is 28.4. The minimum atomic E-state index is -2.08. The molecule has 0 aliphatic heterocycles. The first kappa shape index (κ1) is 26.2. The summed E-state index contributed by atoms with van der Waals surface area (Å²) in [4.78, 5) is 0. The van der Waals surface area contributed by atoms with Gasteiger partial charge in [-0.1, -0.05) is 115 Å². The highest BCUT2D eigenvalue weighted by Crippen LogP contribution is 2.21. The summed E-state index contributed by atoms with van der Waals surface area (Å²) in [5.41, 5.74) is 1.18. The van der Waals surface area contributed by atoms with Gasteiger partial charge in [0.2, 0.25) is 0 Å². The van der Waals surface area contributed by atoms with E-state index in [0.29, 0.717) is 0 Å². The molecule has 0 aliphatic carbocycles. The van der Waals surface area contributed by atoms with Crippen LogP contribution in [0.3, 0.4) is 0 Å². The summed E-state index contributed by atoms with van der Waals surface area (Å²) < 4.78 is 12.3. The normalized spacial score (nSPS) is 11.7. The molecule has 0 unspecified atom stereocenters. The van der Waals surface area contributed by atoms with Gasteiger partial charge in [0.1, 0.15) is 5.75 Å². The molecule has 0 atom stereocenters. The molecule has 0 aliphatic rings. The second kappa shape index (κ2) is 16.9. The molecule has 0 amide bonds. The highest BCUT2D eigenvalue weighted by molar-refractivity contribution is 6.65. The Kier molecular flexibility index (Phi) is 15.3. The maximum atomic E-state index is 6.17. The lowest BCUT2D eigenvalue weighted by atomic mass is 10.0. The quantitative estimate of drug-likeness (QED) is 0.164. The number of hydrogen-bond acceptors (Lipinski definition) is 2. The molecule has 3 heteroatoms. The zero-order chi connectivity index (χ0) is 21.2. The van der Waals surface area contributed by atoms with Crippen LogP contribution in [0.2, 0.25) is 13.1 Å². The molecule has 1 aromatic carbocycles. The van der Waals surface area contributed by atoms with Crippen LogP contribution in [0, 0.1) is 6.92 Å². The molecule has 0 bridgehead atoms. The van der Waals surface area contributed by atoms with Crippen LogP contribution in [-0.4, -0.2) is 15.2 Å². The monoisotopic (exact) mass is 420 g/mol. The Morgan fingerprint density at radius 1 is 0.655 bits per heavy atom. The average Bonchev–Trinajstić information content (AvgIpc) is 2.69. The summed E-state index contributed by atoms with van der Waals surface area (Å²) in [7, 11) is -2.08. The Morgan fingerprint density at radius 2 is 1.10 bits per heavy atom. The largest absolute Gasteiger partial charge is 0.520 e. The molecule has 29 heavy (non-hydrogen) atoms. The van der Waals surface area contributed by atoms with Crippen LogP contribution in [0.25, 0.3) is 0 Å². The Bertz CT molecular complexity index is 501. The third-order valence-electron chi connectivity index (χ3n) is 5.65. The lowest BCUT2D eigenvalue weighted by Gasteiger charge is -2.24. The fourth-order valence-electron chi connectivity index (χ4n) is 3.76. The van der Waals surface area contributed by atoms with Crippen LogP contribution >= 0.6 is 0 Å².